The van der Waals surface area contributed by atoms with Gasteiger partial charge in [0.1, 0.15) is 0 Å². The van der Waals surface area contributed by atoms with Gasteiger partial charge in [-0.3, -0.25) is 4.90 Å². The number of piperidine rings is 1. The fourth-order valence-electron chi connectivity index (χ4n) is 3.15. The van der Waals surface area contributed by atoms with Gasteiger partial charge in [-0.15, -0.1) is 11.3 Å². The van der Waals surface area contributed by atoms with Crippen LogP contribution in [0.2, 0.25) is 0 Å². The normalized spacial score (nSPS) is 20.4. The summed E-state index contributed by atoms with van der Waals surface area (Å²) in [5.74, 6) is 1.55. The van der Waals surface area contributed by atoms with E-state index in [2.05, 4.69) is 36.3 Å². The van der Waals surface area contributed by atoms with Gasteiger partial charge in [0.2, 0.25) is 0 Å². The summed E-state index contributed by atoms with van der Waals surface area (Å²) < 4.78 is 0. The van der Waals surface area contributed by atoms with Crippen LogP contribution in [0.15, 0.2) is 17.5 Å². The van der Waals surface area contributed by atoms with E-state index < -0.39 is 0 Å². The van der Waals surface area contributed by atoms with Crippen LogP contribution in [0.4, 0.5) is 0 Å². The summed E-state index contributed by atoms with van der Waals surface area (Å²) in [5, 5.41) is 2.20. The molecule has 0 aromatic carbocycles. The molecule has 1 saturated heterocycles. The Labute approximate surface area is 115 Å². The van der Waals surface area contributed by atoms with Gasteiger partial charge in [0, 0.05) is 10.9 Å². The van der Waals surface area contributed by atoms with Crippen molar-refractivity contribution < 1.29 is 0 Å². The van der Waals surface area contributed by atoms with Crippen LogP contribution in [0, 0.1) is 11.8 Å². The van der Waals surface area contributed by atoms with Crippen molar-refractivity contribution in [2.45, 2.75) is 39.2 Å². The molecule has 0 aliphatic carbocycles. The first-order valence-corrected chi connectivity index (χ1v) is 8.08. The molecule has 1 fully saturated rings. The van der Waals surface area contributed by atoms with E-state index in [-0.39, 0.29) is 0 Å². The Balaban J connectivity index is 1.97. The van der Waals surface area contributed by atoms with Crippen molar-refractivity contribution >= 4 is 11.3 Å². The molecule has 2 rings (SSSR count). The number of nitrogens with zero attached hydrogens (tertiary/aromatic N) is 1. The van der Waals surface area contributed by atoms with Crippen molar-refractivity contribution in [2.75, 3.05) is 19.6 Å². The maximum atomic E-state index is 5.67. The second-order valence-electron chi connectivity index (χ2n) is 5.76. The first-order chi connectivity index (χ1) is 8.72. The quantitative estimate of drug-likeness (QED) is 0.883. The third kappa shape index (κ3) is 3.34. The molecule has 0 saturated carbocycles. The van der Waals surface area contributed by atoms with Gasteiger partial charge in [-0.1, -0.05) is 19.9 Å². The number of rotatable bonds is 5. The van der Waals surface area contributed by atoms with E-state index in [9.17, 15) is 0 Å². The first-order valence-electron chi connectivity index (χ1n) is 7.20. The zero-order chi connectivity index (χ0) is 13.0. The van der Waals surface area contributed by atoms with Crippen molar-refractivity contribution in [3.05, 3.63) is 22.4 Å². The molecule has 0 amide bonds. The minimum Gasteiger partial charge on any atom is -0.330 e. The third-order valence-corrected chi connectivity index (χ3v) is 5.03. The Bertz CT molecular complexity index is 326. The molecule has 3 heteroatoms. The predicted octanol–water partition coefficient (Wildman–Crippen LogP) is 3.51. The van der Waals surface area contributed by atoms with E-state index in [1.807, 2.05) is 11.3 Å². The van der Waals surface area contributed by atoms with Crippen LogP contribution in [0.3, 0.4) is 0 Å². The molecule has 102 valence electrons. The van der Waals surface area contributed by atoms with Crippen molar-refractivity contribution in [2.24, 2.45) is 17.6 Å². The highest BCUT2D eigenvalue weighted by molar-refractivity contribution is 7.10. The van der Waals surface area contributed by atoms with Crippen LogP contribution in [0.5, 0.6) is 0 Å². The Kier molecular flexibility index (Phi) is 5.22. The van der Waals surface area contributed by atoms with Crippen LogP contribution in [0.1, 0.15) is 44.0 Å². The van der Waals surface area contributed by atoms with Crippen molar-refractivity contribution in [3.8, 4) is 0 Å². The summed E-state index contributed by atoms with van der Waals surface area (Å²) >= 11 is 1.90. The maximum Gasteiger partial charge on any atom is 0.0464 e. The molecule has 0 bridgehead atoms. The van der Waals surface area contributed by atoms with Crippen LogP contribution >= 0.6 is 11.3 Å². The van der Waals surface area contributed by atoms with E-state index >= 15 is 0 Å². The summed E-state index contributed by atoms with van der Waals surface area (Å²) in [6.07, 6.45) is 3.86. The number of hydrogen-bond donors (Lipinski definition) is 1. The van der Waals surface area contributed by atoms with Crippen molar-refractivity contribution in [1.29, 1.82) is 0 Å². The molecule has 1 aromatic rings. The molecule has 0 radical (unpaired) electrons. The van der Waals surface area contributed by atoms with Gasteiger partial charge < -0.3 is 5.73 Å². The predicted molar refractivity (Wildman–Crippen MR) is 79.9 cm³/mol. The Hall–Kier alpha value is -0.380. The lowest BCUT2D eigenvalue weighted by Crippen LogP contribution is -2.38. The van der Waals surface area contributed by atoms with Gasteiger partial charge in [-0.25, -0.2) is 0 Å². The topological polar surface area (TPSA) is 29.3 Å². The lowest BCUT2D eigenvalue weighted by atomic mass is 9.90. The van der Waals surface area contributed by atoms with E-state index in [0.717, 1.165) is 12.5 Å². The van der Waals surface area contributed by atoms with E-state index in [1.54, 1.807) is 0 Å². The summed E-state index contributed by atoms with van der Waals surface area (Å²) in [7, 11) is 0. The molecule has 0 spiro atoms. The second-order valence-corrected chi connectivity index (χ2v) is 6.74. The maximum absolute atomic E-state index is 5.67. The monoisotopic (exact) mass is 266 g/mol. The number of thiophene rings is 1. The summed E-state index contributed by atoms with van der Waals surface area (Å²) in [5.41, 5.74) is 5.67. The second kappa shape index (κ2) is 6.69. The largest absolute Gasteiger partial charge is 0.330 e. The van der Waals surface area contributed by atoms with Crippen molar-refractivity contribution in [3.63, 3.8) is 0 Å². The minimum atomic E-state index is 0.615. The standard InChI is InChI=1S/C15H26N2S/c1-12(2)15(14-4-3-11-18-14)17-9-6-13(5-8-16)7-10-17/h3-4,11-13,15H,5-10,16H2,1-2H3. The molecule has 1 aliphatic rings. The minimum absolute atomic E-state index is 0.615. The van der Waals surface area contributed by atoms with Crippen LogP contribution in [-0.4, -0.2) is 24.5 Å². The summed E-state index contributed by atoms with van der Waals surface area (Å²) in [6.45, 7) is 8.02. The zero-order valence-electron chi connectivity index (χ0n) is 11.6. The molecule has 1 atom stereocenters. The fourth-order valence-corrected chi connectivity index (χ4v) is 4.18. The van der Waals surface area contributed by atoms with Gasteiger partial charge in [-0.2, -0.15) is 0 Å². The van der Waals surface area contributed by atoms with Crippen LogP contribution in [0.25, 0.3) is 0 Å². The van der Waals surface area contributed by atoms with E-state index in [4.69, 9.17) is 5.73 Å². The SMILES string of the molecule is CC(C)C(c1cccs1)N1CCC(CCN)CC1. The Morgan fingerprint density at radius 1 is 1.39 bits per heavy atom. The lowest BCUT2D eigenvalue weighted by molar-refractivity contribution is 0.104. The molecular weight excluding hydrogens is 240 g/mol. The van der Waals surface area contributed by atoms with Crippen LogP contribution in [-0.2, 0) is 0 Å². The van der Waals surface area contributed by atoms with E-state index in [0.29, 0.717) is 12.0 Å². The van der Waals surface area contributed by atoms with Gasteiger partial charge >= 0.3 is 0 Å². The lowest BCUT2D eigenvalue weighted by Gasteiger charge is -2.39. The van der Waals surface area contributed by atoms with Gasteiger partial charge in [0.05, 0.1) is 0 Å². The molecular formula is C15H26N2S. The van der Waals surface area contributed by atoms with Crippen LogP contribution < -0.4 is 5.73 Å². The Morgan fingerprint density at radius 3 is 2.61 bits per heavy atom. The fraction of sp³-hybridized carbons (Fsp3) is 0.733. The highest BCUT2D eigenvalue weighted by atomic mass is 32.1. The molecule has 2 N–H and O–H groups in total. The summed E-state index contributed by atoms with van der Waals surface area (Å²) in [6, 6.07) is 5.08. The molecule has 1 aromatic heterocycles. The smallest absolute Gasteiger partial charge is 0.0464 e. The number of nitrogens with two attached hydrogens (primary N) is 1. The average Bonchev–Trinajstić information content (AvgIpc) is 2.85. The highest BCUT2D eigenvalue weighted by Gasteiger charge is 2.28. The molecule has 1 aliphatic heterocycles. The molecule has 18 heavy (non-hydrogen) atoms. The average molecular weight is 266 g/mol. The third-order valence-electron chi connectivity index (χ3n) is 4.08. The van der Waals surface area contributed by atoms with E-state index in [1.165, 1.54) is 37.2 Å². The van der Waals surface area contributed by atoms with Crippen molar-refractivity contribution in [1.82, 2.24) is 4.90 Å². The van der Waals surface area contributed by atoms with Gasteiger partial charge in [0.25, 0.3) is 0 Å². The Morgan fingerprint density at radius 2 is 2.11 bits per heavy atom. The first kappa shape index (κ1) is 14.0. The van der Waals surface area contributed by atoms with Gasteiger partial charge in [-0.05, 0) is 62.2 Å². The zero-order valence-corrected chi connectivity index (χ0v) is 12.5. The number of hydrogen-bond acceptors (Lipinski definition) is 3. The number of likely N-dealkylation sites (tertiary alicyclic amines) is 1. The summed E-state index contributed by atoms with van der Waals surface area (Å²) in [4.78, 5) is 4.21. The molecule has 2 nitrogen and oxygen atoms in total. The van der Waals surface area contributed by atoms with Gasteiger partial charge in [0.15, 0.2) is 0 Å². The highest BCUT2D eigenvalue weighted by Crippen LogP contribution is 2.34. The molecule has 2 heterocycles. The molecule has 1 unspecified atom stereocenters.